The van der Waals surface area contributed by atoms with E-state index >= 15 is 0 Å². The van der Waals surface area contributed by atoms with Gasteiger partial charge in [-0.15, -0.1) is 0 Å². The fraction of sp³-hybridized carbons (Fsp3) is 0.458. The molecular formula is C24H33N3O4. The third kappa shape index (κ3) is 9.07. The van der Waals surface area contributed by atoms with Gasteiger partial charge in [0.1, 0.15) is 25.2 Å². The third-order valence-electron chi connectivity index (χ3n) is 4.49. The summed E-state index contributed by atoms with van der Waals surface area (Å²) in [5.74, 6) is 1.83. The fourth-order valence-electron chi connectivity index (χ4n) is 2.94. The second-order valence-electron chi connectivity index (χ2n) is 7.09. The van der Waals surface area contributed by atoms with Gasteiger partial charge in [-0.3, -0.25) is 0 Å². The maximum Gasteiger partial charge on any atom is 0.316 e. The second-order valence-corrected chi connectivity index (χ2v) is 7.09. The predicted octanol–water partition coefficient (Wildman–Crippen LogP) is 5.05. The molecule has 1 aromatic carbocycles. The largest absolute Gasteiger partial charge is 0.493 e. The summed E-state index contributed by atoms with van der Waals surface area (Å²) in [6.45, 7) is 7.98. The molecule has 1 aromatic heterocycles. The molecule has 2 aromatic rings. The molecule has 0 radical (unpaired) electrons. The Kier molecular flexibility index (Phi) is 10.9. The molecule has 168 valence electrons. The molecule has 0 amide bonds. The average Bonchev–Trinajstić information content (AvgIpc) is 2.76. The molecule has 0 aliphatic rings. The van der Waals surface area contributed by atoms with Gasteiger partial charge in [0.15, 0.2) is 0 Å². The van der Waals surface area contributed by atoms with E-state index in [1.165, 1.54) is 7.11 Å². The molecule has 0 atom stereocenters. The summed E-state index contributed by atoms with van der Waals surface area (Å²) in [5.41, 5.74) is 2.96. The van der Waals surface area contributed by atoms with Gasteiger partial charge in [0.2, 0.25) is 0 Å². The molecule has 31 heavy (non-hydrogen) atoms. The van der Waals surface area contributed by atoms with Crippen molar-refractivity contribution >= 4 is 6.21 Å². The van der Waals surface area contributed by atoms with Crippen molar-refractivity contribution in [2.24, 2.45) is 5.16 Å². The quantitative estimate of drug-likeness (QED) is 0.182. The van der Waals surface area contributed by atoms with Crippen molar-refractivity contribution < 1.29 is 19.0 Å². The van der Waals surface area contributed by atoms with Crippen LogP contribution in [-0.4, -0.2) is 43.1 Å². The first kappa shape index (κ1) is 24.2. The lowest BCUT2D eigenvalue weighted by Gasteiger charge is -2.14. The van der Waals surface area contributed by atoms with Crippen LogP contribution in [0.25, 0.3) is 0 Å². The van der Waals surface area contributed by atoms with Crippen molar-refractivity contribution in [2.45, 2.75) is 46.5 Å². The van der Waals surface area contributed by atoms with Gasteiger partial charge in [-0.05, 0) is 69.7 Å². The van der Waals surface area contributed by atoms with Gasteiger partial charge in [-0.1, -0.05) is 17.3 Å². The highest BCUT2D eigenvalue weighted by atomic mass is 16.6. The molecule has 1 heterocycles. The Morgan fingerprint density at radius 2 is 1.55 bits per heavy atom. The lowest BCUT2D eigenvalue weighted by Crippen LogP contribution is -2.03. The number of aromatic nitrogens is 2. The van der Waals surface area contributed by atoms with Gasteiger partial charge in [-0.25, -0.2) is 9.97 Å². The molecule has 0 spiro atoms. The first-order valence-electron chi connectivity index (χ1n) is 10.6. The van der Waals surface area contributed by atoms with Crippen LogP contribution in [0.2, 0.25) is 0 Å². The van der Waals surface area contributed by atoms with E-state index in [0.717, 1.165) is 53.9 Å². The molecule has 0 saturated carbocycles. The van der Waals surface area contributed by atoms with E-state index in [0.29, 0.717) is 25.8 Å². The highest BCUT2D eigenvalue weighted by molar-refractivity contribution is 5.77. The maximum absolute atomic E-state index is 6.02. The van der Waals surface area contributed by atoms with E-state index in [1.54, 1.807) is 18.6 Å². The zero-order valence-corrected chi connectivity index (χ0v) is 19.0. The second kappa shape index (κ2) is 14.0. The standard InChI is InChI=1S/C24H33N3O4/c1-5-6-11-29-22-14-19(2)23(20(3)15-22)30-12-9-7-8-10-13-31-24-25-16-21(17-26-24)18-27-28-4/h5-6,14-18H,7-13H2,1-4H3/b6-5+,27-18+. The average molecular weight is 428 g/mol. The van der Waals surface area contributed by atoms with Crippen LogP contribution < -0.4 is 14.2 Å². The summed E-state index contributed by atoms with van der Waals surface area (Å²) in [4.78, 5) is 12.9. The van der Waals surface area contributed by atoms with Gasteiger partial charge in [0.05, 0.1) is 19.4 Å². The van der Waals surface area contributed by atoms with E-state index in [-0.39, 0.29) is 0 Å². The Morgan fingerprint density at radius 3 is 2.16 bits per heavy atom. The van der Waals surface area contributed by atoms with Crippen LogP contribution in [0.5, 0.6) is 17.5 Å². The predicted molar refractivity (Wildman–Crippen MR) is 122 cm³/mol. The van der Waals surface area contributed by atoms with Crippen LogP contribution in [0.3, 0.4) is 0 Å². The molecule has 0 fully saturated rings. The minimum Gasteiger partial charge on any atom is -0.493 e. The Hall–Kier alpha value is -3.09. The number of aryl methyl sites for hydroxylation is 2. The number of hydrogen-bond acceptors (Lipinski definition) is 7. The maximum atomic E-state index is 6.02. The number of unbranched alkanes of at least 4 members (excludes halogenated alkanes) is 3. The Balaban J connectivity index is 1.60. The van der Waals surface area contributed by atoms with E-state index in [9.17, 15) is 0 Å². The number of rotatable bonds is 14. The summed E-state index contributed by atoms with van der Waals surface area (Å²) >= 11 is 0. The van der Waals surface area contributed by atoms with Crippen molar-refractivity contribution in [3.05, 3.63) is 53.4 Å². The van der Waals surface area contributed by atoms with Crippen molar-refractivity contribution in [3.8, 4) is 17.5 Å². The Bertz CT molecular complexity index is 812. The SMILES string of the molecule is C/C=C/COc1cc(C)c(OCCCCCCOc2ncc(/C=N/OC)cn2)c(C)c1. The van der Waals surface area contributed by atoms with E-state index in [4.69, 9.17) is 14.2 Å². The summed E-state index contributed by atoms with van der Waals surface area (Å²) in [7, 11) is 1.49. The minimum absolute atomic E-state index is 0.377. The zero-order valence-electron chi connectivity index (χ0n) is 19.0. The topological polar surface area (TPSA) is 75.1 Å². The molecule has 0 aliphatic heterocycles. The highest BCUT2D eigenvalue weighted by Gasteiger charge is 2.07. The molecule has 0 bridgehead atoms. The normalized spacial score (nSPS) is 11.2. The van der Waals surface area contributed by atoms with Crippen molar-refractivity contribution in [2.75, 3.05) is 26.9 Å². The van der Waals surface area contributed by atoms with E-state index in [2.05, 4.69) is 33.8 Å². The molecule has 7 nitrogen and oxygen atoms in total. The van der Waals surface area contributed by atoms with Gasteiger partial charge < -0.3 is 19.0 Å². The molecule has 0 saturated heterocycles. The van der Waals surface area contributed by atoms with E-state index in [1.807, 2.05) is 31.2 Å². The van der Waals surface area contributed by atoms with Crippen LogP contribution in [0.4, 0.5) is 0 Å². The van der Waals surface area contributed by atoms with Crippen molar-refractivity contribution in [3.63, 3.8) is 0 Å². The number of benzene rings is 1. The third-order valence-corrected chi connectivity index (χ3v) is 4.49. The molecule has 0 unspecified atom stereocenters. The van der Waals surface area contributed by atoms with E-state index < -0.39 is 0 Å². The van der Waals surface area contributed by atoms with Crippen LogP contribution in [0, 0.1) is 13.8 Å². The molecule has 0 N–H and O–H groups in total. The summed E-state index contributed by atoms with van der Waals surface area (Å²) in [5, 5.41) is 3.67. The summed E-state index contributed by atoms with van der Waals surface area (Å²) < 4.78 is 17.3. The van der Waals surface area contributed by atoms with Crippen LogP contribution in [-0.2, 0) is 4.84 Å². The molecule has 2 rings (SSSR count). The number of allylic oxidation sites excluding steroid dienone is 1. The monoisotopic (exact) mass is 427 g/mol. The number of oxime groups is 1. The lowest BCUT2D eigenvalue weighted by atomic mass is 10.1. The van der Waals surface area contributed by atoms with Crippen LogP contribution in [0.1, 0.15) is 49.3 Å². The first-order valence-corrected chi connectivity index (χ1v) is 10.6. The lowest BCUT2D eigenvalue weighted by molar-refractivity contribution is 0.215. The highest BCUT2D eigenvalue weighted by Crippen LogP contribution is 2.28. The van der Waals surface area contributed by atoms with Crippen LogP contribution >= 0.6 is 0 Å². The zero-order chi connectivity index (χ0) is 22.3. The van der Waals surface area contributed by atoms with Gasteiger partial charge in [0.25, 0.3) is 0 Å². The van der Waals surface area contributed by atoms with Crippen LogP contribution in [0.15, 0.2) is 41.8 Å². The summed E-state index contributed by atoms with van der Waals surface area (Å²) in [6, 6.07) is 4.44. The molecule has 0 aliphatic carbocycles. The Labute approximate surface area is 185 Å². The minimum atomic E-state index is 0.377. The van der Waals surface area contributed by atoms with Gasteiger partial charge >= 0.3 is 6.01 Å². The van der Waals surface area contributed by atoms with Gasteiger partial charge in [0, 0.05) is 18.0 Å². The van der Waals surface area contributed by atoms with Crippen molar-refractivity contribution in [1.82, 2.24) is 9.97 Å². The first-order chi connectivity index (χ1) is 15.1. The van der Waals surface area contributed by atoms with Gasteiger partial charge in [-0.2, -0.15) is 0 Å². The summed E-state index contributed by atoms with van der Waals surface area (Å²) in [6.07, 6.45) is 12.9. The number of hydrogen-bond donors (Lipinski definition) is 0. The molecule has 7 heteroatoms. The fourth-order valence-corrected chi connectivity index (χ4v) is 2.94. The Morgan fingerprint density at radius 1 is 0.903 bits per heavy atom. The molecular weight excluding hydrogens is 394 g/mol. The number of nitrogens with zero attached hydrogens (tertiary/aromatic N) is 3. The number of ether oxygens (including phenoxy) is 3. The van der Waals surface area contributed by atoms with Crippen molar-refractivity contribution in [1.29, 1.82) is 0 Å². The smallest absolute Gasteiger partial charge is 0.316 e.